The molecule has 0 aliphatic carbocycles. The summed E-state index contributed by atoms with van der Waals surface area (Å²) in [5.74, 6) is 0. The van der Waals surface area contributed by atoms with Gasteiger partial charge in [-0.25, -0.2) is 0 Å². The zero-order valence-electron chi connectivity index (χ0n) is 11.3. The molecule has 0 radical (unpaired) electrons. The molecule has 0 aliphatic rings. The van der Waals surface area contributed by atoms with Gasteiger partial charge in [-0.3, -0.25) is 9.67 Å². The molecule has 0 saturated heterocycles. The van der Waals surface area contributed by atoms with Gasteiger partial charge in [0.15, 0.2) is 0 Å². The number of nitrogens with two attached hydrogens (primary N) is 1. The van der Waals surface area contributed by atoms with Crippen LogP contribution in [0.5, 0.6) is 0 Å². The van der Waals surface area contributed by atoms with Crippen LogP contribution >= 0.6 is 12.2 Å². The van der Waals surface area contributed by atoms with Crippen molar-refractivity contribution in [2.24, 2.45) is 12.8 Å². The van der Waals surface area contributed by atoms with E-state index in [1.54, 1.807) is 6.20 Å². The summed E-state index contributed by atoms with van der Waals surface area (Å²) in [5.41, 5.74) is 10.4. The zero-order valence-corrected chi connectivity index (χ0v) is 12.1. The lowest BCUT2D eigenvalue weighted by atomic mass is 10.1. The summed E-state index contributed by atoms with van der Waals surface area (Å²) in [5, 5.41) is 7.49. The SMILES string of the molecule is Cc1cc(NCc2ccnn2C)c(C(N)=S)c(C)n1. The predicted molar refractivity (Wildman–Crippen MR) is 80.1 cm³/mol. The van der Waals surface area contributed by atoms with E-state index < -0.39 is 0 Å². The largest absolute Gasteiger partial charge is 0.389 e. The first-order valence-corrected chi connectivity index (χ1v) is 6.38. The number of anilines is 1. The molecule has 0 saturated carbocycles. The number of hydrogen-bond donors (Lipinski definition) is 2. The van der Waals surface area contributed by atoms with Crippen LogP contribution in [0.2, 0.25) is 0 Å². The number of aryl methyl sites for hydroxylation is 3. The van der Waals surface area contributed by atoms with Crippen molar-refractivity contribution in [3.05, 3.63) is 41.0 Å². The van der Waals surface area contributed by atoms with Crippen molar-refractivity contribution in [3.8, 4) is 0 Å². The summed E-state index contributed by atoms with van der Waals surface area (Å²) in [6.45, 7) is 4.53. The van der Waals surface area contributed by atoms with Gasteiger partial charge in [-0.15, -0.1) is 0 Å². The normalized spacial score (nSPS) is 10.5. The zero-order chi connectivity index (χ0) is 14.0. The minimum atomic E-state index is 0.359. The van der Waals surface area contributed by atoms with Crippen molar-refractivity contribution >= 4 is 22.9 Å². The van der Waals surface area contributed by atoms with Gasteiger partial charge >= 0.3 is 0 Å². The first kappa shape index (κ1) is 13.5. The molecular formula is C13H17N5S. The maximum Gasteiger partial charge on any atom is 0.107 e. The van der Waals surface area contributed by atoms with Gasteiger partial charge in [0, 0.05) is 30.3 Å². The quantitative estimate of drug-likeness (QED) is 0.831. The maximum absolute atomic E-state index is 5.78. The van der Waals surface area contributed by atoms with Crippen LogP contribution in [0.25, 0.3) is 0 Å². The van der Waals surface area contributed by atoms with Crippen molar-refractivity contribution in [1.29, 1.82) is 0 Å². The summed E-state index contributed by atoms with van der Waals surface area (Å²) in [4.78, 5) is 4.75. The fourth-order valence-electron chi connectivity index (χ4n) is 2.04. The number of rotatable bonds is 4. The first-order chi connectivity index (χ1) is 8.99. The van der Waals surface area contributed by atoms with Crippen molar-refractivity contribution < 1.29 is 0 Å². The third kappa shape index (κ3) is 2.90. The molecule has 5 nitrogen and oxygen atoms in total. The topological polar surface area (TPSA) is 68.8 Å². The minimum absolute atomic E-state index is 0.359. The molecular weight excluding hydrogens is 258 g/mol. The Morgan fingerprint density at radius 1 is 1.47 bits per heavy atom. The van der Waals surface area contributed by atoms with Crippen LogP contribution in [-0.4, -0.2) is 19.8 Å². The number of hydrogen-bond acceptors (Lipinski definition) is 4. The fourth-order valence-corrected chi connectivity index (χ4v) is 2.30. The van der Waals surface area contributed by atoms with Gasteiger partial charge in [0.05, 0.1) is 17.8 Å². The van der Waals surface area contributed by atoms with Crippen LogP contribution in [0.1, 0.15) is 22.6 Å². The monoisotopic (exact) mass is 275 g/mol. The first-order valence-electron chi connectivity index (χ1n) is 5.98. The summed E-state index contributed by atoms with van der Waals surface area (Å²) >= 11 is 5.10. The van der Waals surface area contributed by atoms with E-state index in [1.165, 1.54) is 0 Å². The van der Waals surface area contributed by atoms with Gasteiger partial charge in [0.2, 0.25) is 0 Å². The van der Waals surface area contributed by atoms with E-state index in [0.717, 1.165) is 28.3 Å². The molecule has 0 atom stereocenters. The summed E-state index contributed by atoms with van der Waals surface area (Å²) in [6, 6.07) is 3.92. The Balaban J connectivity index is 2.29. The molecule has 0 fully saturated rings. The number of thiocarbonyl (C=S) groups is 1. The van der Waals surface area contributed by atoms with Gasteiger partial charge < -0.3 is 11.1 Å². The van der Waals surface area contributed by atoms with Gasteiger partial charge in [0.1, 0.15) is 4.99 Å². The Morgan fingerprint density at radius 3 is 2.79 bits per heavy atom. The molecule has 0 aliphatic heterocycles. The number of nitrogens with one attached hydrogen (secondary N) is 1. The van der Waals surface area contributed by atoms with E-state index in [0.29, 0.717) is 11.5 Å². The molecule has 2 rings (SSSR count). The molecule has 6 heteroatoms. The van der Waals surface area contributed by atoms with Crippen LogP contribution in [0.3, 0.4) is 0 Å². The van der Waals surface area contributed by atoms with E-state index >= 15 is 0 Å². The fraction of sp³-hybridized carbons (Fsp3) is 0.308. The summed E-state index contributed by atoms with van der Waals surface area (Å²) < 4.78 is 1.83. The highest BCUT2D eigenvalue weighted by Crippen LogP contribution is 2.20. The Hall–Kier alpha value is -1.95. The molecule has 0 amide bonds. The van der Waals surface area contributed by atoms with E-state index in [2.05, 4.69) is 15.4 Å². The third-order valence-corrected chi connectivity index (χ3v) is 3.16. The lowest BCUT2D eigenvalue weighted by molar-refractivity contribution is 0.720. The van der Waals surface area contributed by atoms with Crippen molar-refractivity contribution in [2.45, 2.75) is 20.4 Å². The molecule has 0 aromatic carbocycles. The highest BCUT2D eigenvalue weighted by atomic mass is 32.1. The number of aromatic nitrogens is 3. The predicted octanol–water partition coefficient (Wildman–Crippen LogP) is 1.68. The van der Waals surface area contributed by atoms with Crippen LogP contribution in [0.15, 0.2) is 18.3 Å². The molecule has 3 N–H and O–H groups in total. The Bertz CT molecular complexity index is 617. The van der Waals surface area contributed by atoms with Crippen molar-refractivity contribution in [1.82, 2.24) is 14.8 Å². The Labute approximate surface area is 117 Å². The van der Waals surface area contributed by atoms with Crippen LogP contribution in [0, 0.1) is 13.8 Å². The average Bonchev–Trinajstić information content (AvgIpc) is 2.70. The number of nitrogens with zero attached hydrogens (tertiary/aromatic N) is 3. The van der Waals surface area contributed by atoms with Crippen LogP contribution in [-0.2, 0) is 13.6 Å². The maximum atomic E-state index is 5.78. The number of pyridine rings is 1. The summed E-state index contributed by atoms with van der Waals surface area (Å²) in [7, 11) is 1.91. The van der Waals surface area contributed by atoms with Gasteiger partial charge in [0.25, 0.3) is 0 Å². The molecule has 19 heavy (non-hydrogen) atoms. The Morgan fingerprint density at radius 2 is 2.21 bits per heavy atom. The van der Waals surface area contributed by atoms with Crippen LogP contribution in [0.4, 0.5) is 5.69 Å². The molecule has 2 aromatic rings. The van der Waals surface area contributed by atoms with Crippen molar-refractivity contribution in [3.63, 3.8) is 0 Å². The van der Waals surface area contributed by atoms with E-state index in [-0.39, 0.29) is 0 Å². The molecule has 2 heterocycles. The van der Waals surface area contributed by atoms with Crippen LogP contribution < -0.4 is 11.1 Å². The lowest BCUT2D eigenvalue weighted by Gasteiger charge is -2.14. The van der Waals surface area contributed by atoms with Gasteiger partial charge in [-0.2, -0.15) is 5.10 Å². The highest BCUT2D eigenvalue weighted by molar-refractivity contribution is 7.80. The summed E-state index contributed by atoms with van der Waals surface area (Å²) in [6.07, 6.45) is 1.77. The van der Waals surface area contributed by atoms with Crippen molar-refractivity contribution in [2.75, 3.05) is 5.32 Å². The molecule has 100 valence electrons. The third-order valence-electron chi connectivity index (χ3n) is 2.96. The van der Waals surface area contributed by atoms with Gasteiger partial charge in [-0.1, -0.05) is 12.2 Å². The van der Waals surface area contributed by atoms with Gasteiger partial charge in [-0.05, 0) is 26.0 Å². The molecule has 0 spiro atoms. The van der Waals surface area contributed by atoms with E-state index in [9.17, 15) is 0 Å². The molecule has 0 bridgehead atoms. The van der Waals surface area contributed by atoms with E-state index in [1.807, 2.05) is 37.7 Å². The Kier molecular flexibility index (Phi) is 3.80. The smallest absolute Gasteiger partial charge is 0.107 e. The van der Waals surface area contributed by atoms with E-state index in [4.69, 9.17) is 18.0 Å². The highest BCUT2D eigenvalue weighted by Gasteiger charge is 2.11. The minimum Gasteiger partial charge on any atom is -0.389 e. The second-order valence-corrected chi connectivity index (χ2v) is 4.88. The lowest BCUT2D eigenvalue weighted by Crippen LogP contribution is -2.17. The average molecular weight is 275 g/mol. The molecule has 2 aromatic heterocycles. The second kappa shape index (κ2) is 5.36. The standard InChI is InChI=1S/C13H17N5S/c1-8-6-11(12(13(14)19)9(2)17-8)15-7-10-4-5-16-18(10)3/h4-6H,7H2,1-3H3,(H2,14,19)(H,15,17). The molecule has 0 unspecified atom stereocenters. The second-order valence-electron chi connectivity index (χ2n) is 4.44.